The van der Waals surface area contributed by atoms with Crippen LogP contribution >= 0.6 is 0 Å². The summed E-state index contributed by atoms with van der Waals surface area (Å²) in [6, 6.07) is 11.6. The van der Waals surface area contributed by atoms with Crippen molar-refractivity contribution in [1.82, 2.24) is 4.98 Å². The van der Waals surface area contributed by atoms with Crippen LogP contribution < -0.4 is 9.47 Å². The second-order valence-corrected chi connectivity index (χ2v) is 5.67. The van der Waals surface area contributed by atoms with Crippen LogP contribution in [-0.2, 0) is 9.47 Å². The maximum absolute atomic E-state index is 12.2. The molecule has 0 radical (unpaired) electrons. The van der Waals surface area contributed by atoms with Gasteiger partial charge in [0.2, 0.25) is 5.88 Å². The molecule has 0 aliphatic carbocycles. The van der Waals surface area contributed by atoms with Crippen LogP contribution in [0.3, 0.4) is 0 Å². The van der Waals surface area contributed by atoms with Crippen molar-refractivity contribution in [3.8, 4) is 22.9 Å². The summed E-state index contributed by atoms with van der Waals surface area (Å²) < 4.78 is 57.7. The average molecular weight is 369 g/mol. The molecule has 26 heavy (non-hydrogen) atoms. The zero-order valence-electron chi connectivity index (χ0n) is 13.9. The topological polar surface area (TPSA) is 49.8 Å². The second kappa shape index (κ2) is 8.37. The third kappa shape index (κ3) is 5.60. The summed E-state index contributed by atoms with van der Waals surface area (Å²) in [4.78, 5) is 4.40. The van der Waals surface area contributed by atoms with Crippen molar-refractivity contribution >= 4 is 0 Å². The van der Waals surface area contributed by atoms with E-state index in [0.29, 0.717) is 38.0 Å². The molecule has 1 aliphatic rings. The van der Waals surface area contributed by atoms with E-state index in [1.807, 2.05) is 0 Å². The van der Waals surface area contributed by atoms with Gasteiger partial charge in [0.25, 0.3) is 0 Å². The molecule has 0 amide bonds. The molecular weight excluding hydrogens is 351 g/mol. The lowest BCUT2D eigenvalue weighted by atomic mass is 10.1. The number of ether oxygens (including phenoxy) is 4. The fourth-order valence-corrected chi connectivity index (χ4v) is 2.35. The standard InChI is InChI=1S/C18H18F3NO4/c19-18(20,21)12-26-14-6-4-13(5-7-14)16-2-1-3-17(22-16)25-11-15-10-23-8-9-24-15/h1-7,15H,8-12H2. The van der Waals surface area contributed by atoms with E-state index in [4.69, 9.17) is 18.9 Å². The smallest absolute Gasteiger partial charge is 0.422 e. The van der Waals surface area contributed by atoms with Gasteiger partial charge in [-0.05, 0) is 30.3 Å². The summed E-state index contributed by atoms with van der Waals surface area (Å²) in [5.41, 5.74) is 1.39. The minimum Gasteiger partial charge on any atom is -0.484 e. The highest BCUT2D eigenvalue weighted by atomic mass is 19.4. The average Bonchev–Trinajstić information content (AvgIpc) is 2.66. The van der Waals surface area contributed by atoms with E-state index in [1.165, 1.54) is 12.1 Å². The molecule has 2 aromatic rings. The highest BCUT2D eigenvalue weighted by Gasteiger charge is 2.28. The van der Waals surface area contributed by atoms with Crippen LogP contribution in [-0.4, -0.2) is 50.3 Å². The van der Waals surface area contributed by atoms with Gasteiger partial charge in [-0.3, -0.25) is 0 Å². The highest BCUT2D eigenvalue weighted by molar-refractivity contribution is 5.60. The Morgan fingerprint density at radius 1 is 1.04 bits per heavy atom. The summed E-state index contributed by atoms with van der Waals surface area (Å²) in [5.74, 6) is 0.585. The summed E-state index contributed by atoms with van der Waals surface area (Å²) >= 11 is 0. The molecule has 8 heteroatoms. The Kier molecular flexibility index (Phi) is 5.95. The van der Waals surface area contributed by atoms with E-state index >= 15 is 0 Å². The minimum absolute atomic E-state index is 0.126. The number of rotatable bonds is 6. The predicted molar refractivity (Wildman–Crippen MR) is 87.3 cm³/mol. The Labute approximate surface area is 148 Å². The van der Waals surface area contributed by atoms with Gasteiger partial charge in [0.15, 0.2) is 6.61 Å². The largest absolute Gasteiger partial charge is 0.484 e. The number of alkyl halides is 3. The van der Waals surface area contributed by atoms with E-state index in [2.05, 4.69) is 4.98 Å². The van der Waals surface area contributed by atoms with E-state index in [9.17, 15) is 13.2 Å². The van der Waals surface area contributed by atoms with E-state index in [0.717, 1.165) is 5.56 Å². The zero-order chi connectivity index (χ0) is 18.4. The molecule has 5 nitrogen and oxygen atoms in total. The molecule has 1 aromatic heterocycles. The first-order valence-electron chi connectivity index (χ1n) is 8.09. The van der Waals surface area contributed by atoms with Crippen LogP contribution in [0.1, 0.15) is 0 Å². The Balaban J connectivity index is 1.60. The van der Waals surface area contributed by atoms with Crippen molar-refractivity contribution in [2.45, 2.75) is 12.3 Å². The molecule has 0 N–H and O–H groups in total. The number of pyridine rings is 1. The van der Waals surface area contributed by atoms with Gasteiger partial charge in [-0.2, -0.15) is 13.2 Å². The molecule has 2 heterocycles. The molecule has 1 unspecified atom stereocenters. The monoisotopic (exact) mass is 369 g/mol. The first kappa shape index (κ1) is 18.5. The fraction of sp³-hybridized carbons (Fsp3) is 0.389. The summed E-state index contributed by atoms with van der Waals surface area (Å²) in [6.07, 6.45) is -4.49. The number of hydrogen-bond donors (Lipinski definition) is 0. The first-order chi connectivity index (χ1) is 12.5. The lowest BCUT2D eigenvalue weighted by Gasteiger charge is -2.22. The van der Waals surface area contributed by atoms with Crippen molar-refractivity contribution in [3.63, 3.8) is 0 Å². The molecule has 1 aromatic carbocycles. The molecule has 1 aliphatic heterocycles. The van der Waals surface area contributed by atoms with Gasteiger partial charge in [-0.1, -0.05) is 6.07 Å². The van der Waals surface area contributed by atoms with Gasteiger partial charge in [-0.25, -0.2) is 4.98 Å². The molecular formula is C18H18F3NO4. The van der Waals surface area contributed by atoms with Gasteiger partial charge in [0, 0.05) is 11.6 Å². The number of benzene rings is 1. The normalized spacial score (nSPS) is 17.7. The molecule has 0 bridgehead atoms. The van der Waals surface area contributed by atoms with Gasteiger partial charge >= 0.3 is 6.18 Å². The molecule has 0 spiro atoms. The van der Waals surface area contributed by atoms with Crippen molar-refractivity contribution in [2.24, 2.45) is 0 Å². The van der Waals surface area contributed by atoms with Crippen molar-refractivity contribution in [2.75, 3.05) is 33.0 Å². The highest BCUT2D eigenvalue weighted by Crippen LogP contribution is 2.24. The summed E-state index contributed by atoms with van der Waals surface area (Å²) in [5, 5.41) is 0. The van der Waals surface area contributed by atoms with Crippen LogP contribution in [0.15, 0.2) is 42.5 Å². The number of nitrogens with zero attached hydrogens (tertiary/aromatic N) is 1. The fourth-order valence-electron chi connectivity index (χ4n) is 2.35. The maximum atomic E-state index is 12.2. The Morgan fingerprint density at radius 2 is 1.85 bits per heavy atom. The maximum Gasteiger partial charge on any atom is 0.422 e. The summed E-state index contributed by atoms with van der Waals surface area (Å²) in [7, 11) is 0. The van der Waals surface area contributed by atoms with E-state index in [1.54, 1.807) is 30.3 Å². The van der Waals surface area contributed by atoms with Crippen molar-refractivity contribution in [1.29, 1.82) is 0 Å². The van der Waals surface area contributed by atoms with Crippen molar-refractivity contribution < 1.29 is 32.1 Å². The molecule has 1 fully saturated rings. The molecule has 3 rings (SSSR count). The molecule has 1 atom stereocenters. The van der Waals surface area contributed by atoms with Gasteiger partial charge in [0.05, 0.1) is 25.5 Å². The van der Waals surface area contributed by atoms with E-state index < -0.39 is 12.8 Å². The second-order valence-electron chi connectivity index (χ2n) is 5.67. The van der Waals surface area contributed by atoms with Crippen LogP contribution in [0.5, 0.6) is 11.6 Å². The molecule has 0 saturated carbocycles. The quantitative estimate of drug-likeness (QED) is 0.780. The predicted octanol–water partition coefficient (Wildman–Crippen LogP) is 3.48. The van der Waals surface area contributed by atoms with Crippen LogP contribution in [0, 0.1) is 0 Å². The minimum atomic E-state index is -4.36. The third-order valence-corrected chi connectivity index (χ3v) is 3.58. The van der Waals surface area contributed by atoms with Crippen LogP contribution in [0.4, 0.5) is 13.2 Å². The molecule has 1 saturated heterocycles. The lowest BCUT2D eigenvalue weighted by molar-refractivity contribution is -0.153. The molecule has 140 valence electrons. The summed E-state index contributed by atoms with van der Waals surface area (Å²) in [6.45, 7) is 0.637. The van der Waals surface area contributed by atoms with E-state index in [-0.39, 0.29) is 11.9 Å². The third-order valence-electron chi connectivity index (χ3n) is 3.58. The SMILES string of the molecule is FC(F)(F)COc1ccc(-c2cccc(OCC3COCCO3)n2)cc1. The van der Waals surface area contributed by atoms with Gasteiger partial charge in [-0.15, -0.1) is 0 Å². The van der Waals surface area contributed by atoms with Gasteiger partial charge in [0.1, 0.15) is 18.5 Å². The van der Waals surface area contributed by atoms with Crippen molar-refractivity contribution in [3.05, 3.63) is 42.5 Å². The number of aromatic nitrogens is 1. The Hall–Kier alpha value is -2.32. The number of halogens is 3. The van der Waals surface area contributed by atoms with Gasteiger partial charge < -0.3 is 18.9 Å². The number of hydrogen-bond acceptors (Lipinski definition) is 5. The van der Waals surface area contributed by atoms with Crippen LogP contribution in [0.2, 0.25) is 0 Å². The first-order valence-corrected chi connectivity index (χ1v) is 8.09. The van der Waals surface area contributed by atoms with Crippen LogP contribution in [0.25, 0.3) is 11.3 Å². The zero-order valence-corrected chi connectivity index (χ0v) is 13.9. The Bertz CT molecular complexity index is 700. The lowest BCUT2D eigenvalue weighted by Crippen LogP contribution is -2.33. The Morgan fingerprint density at radius 3 is 2.54 bits per heavy atom.